The zero-order valence-corrected chi connectivity index (χ0v) is 18.9. The summed E-state index contributed by atoms with van der Waals surface area (Å²) >= 11 is 0. The number of nitrogens with zero attached hydrogens (tertiary/aromatic N) is 4. The topological polar surface area (TPSA) is 63.8 Å². The third kappa shape index (κ3) is 4.32. The summed E-state index contributed by atoms with van der Waals surface area (Å²) in [6.07, 6.45) is 1.88. The number of rotatable bonds is 5. The van der Waals surface area contributed by atoms with Crippen LogP contribution in [0.4, 0.5) is 16.0 Å². The first-order valence-corrected chi connectivity index (χ1v) is 10.8. The highest BCUT2D eigenvalue weighted by Crippen LogP contribution is 2.33. The molecule has 3 aromatic rings. The molecule has 0 unspecified atom stereocenters. The van der Waals surface area contributed by atoms with Crippen molar-refractivity contribution in [3.05, 3.63) is 70.1 Å². The van der Waals surface area contributed by atoms with Crippen LogP contribution < -0.4 is 20.5 Å². The molecule has 0 atom stereocenters. The summed E-state index contributed by atoms with van der Waals surface area (Å²) in [4.78, 5) is 23.8. The lowest BCUT2D eigenvalue weighted by Crippen LogP contribution is -2.43. The number of anilines is 1. The molecule has 1 aromatic heterocycles. The Morgan fingerprint density at radius 1 is 1.15 bits per heavy atom. The molecule has 0 amide bonds. The molecule has 0 saturated carbocycles. The van der Waals surface area contributed by atoms with Gasteiger partial charge in [0.2, 0.25) is 11.6 Å². The van der Waals surface area contributed by atoms with Crippen molar-refractivity contribution in [2.24, 2.45) is 7.05 Å². The monoisotopic (exact) mass is 447 g/mol. The molecule has 8 heteroatoms. The molecule has 1 saturated heterocycles. The van der Waals surface area contributed by atoms with Gasteiger partial charge >= 0.3 is 0 Å². The van der Waals surface area contributed by atoms with E-state index in [0.29, 0.717) is 40.1 Å². The first kappa shape index (κ1) is 22.5. The molecule has 7 nitrogen and oxygen atoms in total. The minimum Gasteiger partial charge on any atom is -0.497 e. The van der Waals surface area contributed by atoms with Crippen LogP contribution in [0.1, 0.15) is 12.8 Å². The van der Waals surface area contributed by atoms with Crippen molar-refractivity contribution in [3.63, 3.8) is 0 Å². The summed E-state index contributed by atoms with van der Waals surface area (Å²) in [5, 5.41) is 3.30. The van der Waals surface area contributed by atoms with Crippen LogP contribution in [-0.4, -0.2) is 42.8 Å². The predicted molar refractivity (Wildman–Crippen MR) is 127 cm³/mol. The van der Waals surface area contributed by atoms with E-state index in [1.807, 2.05) is 7.05 Å². The molecule has 170 valence electrons. The van der Waals surface area contributed by atoms with Gasteiger partial charge in [-0.1, -0.05) is 24.3 Å². The number of piperidine rings is 1. The molecular weight excluding hydrogens is 421 g/mol. The molecular formula is C25H26FN5O2. The van der Waals surface area contributed by atoms with Crippen molar-refractivity contribution in [3.8, 4) is 28.1 Å². The molecule has 2 aromatic carbocycles. The minimum absolute atomic E-state index is 0.0667. The van der Waals surface area contributed by atoms with Crippen LogP contribution >= 0.6 is 0 Å². The number of nitrogens with one attached hydrogen (secondary N) is 1. The number of hydrogen-bond donors (Lipinski definition) is 1. The van der Waals surface area contributed by atoms with Crippen molar-refractivity contribution in [1.82, 2.24) is 14.9 Å². The molecule has 33 heavy (non-hydrogen) atoms. The third-order valence-corrected chi connectivity index (χ3v) is 6.17. The van der Waals surface area contributed by atoms with Gasteiger partial charge < -0.3 is 15.0 Å². The second kappa shape index (κ2) is 9.43. The van der Waals surface area contributed by atoms with Crippen LogP contribution in [-0.2, 0) is 7.05 Å². The molecule has 2 heterocycles. The van der Waals surface area contributed by atoms with Crippen LogP contribution in [0.3, 0.4) is 0 Å². The van der Waals surface area contributed by atoms with Crippen LogP contribution in [0.15, 0.2) is 47.3 Å². The van der Waals surface area contributed by atoms with E-state index in [9.17, 15) is 9.18 Å². The first-order valence-electron chi connectivity index (χ1n) is 10.8. The van der Waals surface area contributed by atoms with Gasteiger partial charge in [0.1, 0.15) is 11.6 Å². The molecule has 1 fully saturated rings. The maximum absolute atomic E-state index is 14.5. The van der Waals surface area contributed by atoms with Crippen molar-refractivity contribution in [2.75, 3.05) is 32.1 Å². The summed E-state index contributed by atoms with van der Waals surface area (Å²) in [6.45, 7) is 8.65. The number of halogens is 1. The second-order valence-electron chi connectivity index (χ2n) is 8.06. The first-order chi connectivity index (χ1) is 16.0. The van der Waals surface area contributed by atoms with Crippen LogP contribution in [0.2, 0.25) is 0 Å². The van der Waals surface area contributed by atoms with Gasteiger partial charge in [0.05, 0.1) is 24.9 Å². The van der Waals surface area contributed by atoms with Gasteiger partial charge in [0.25, 0.3) is 5.56 Å². The Morgan fingerprint density at radius 3 is 2.39 bits per heavy atom. The van der Waals surface area contributed by atoms with E-state index in [0.717, 1.165) is 25.9 Å². The fraction of sp³-hybridized carbons (Fsp3) is 0.320. The third-order valence-electron chi connectivity index (χ3n) is 6.17. The van der Waals surface area contributed by atoms with E-state index in [-0.39, 0.29) is 11.2 Å². The number of ether oxygens (including phenoxy) is 1. The average molecular weight is 448 g/mol. The standard InChI is InChI=1S/C25H26FN5O2/c1-27-18-11-13-31(14-12-18)25-29-23(17-7-10-21(28-2)20(26)15-17)22(24(32)30(25)3)16-5-8-19(33-4)9-6-16/h5-10,15,18,27H,11-14H2,1,3-4H3. The lowest BCUT2D eigenvalue weighted by molar-refractivity contribution is 0.415. The van der Waals surface area contributed by atoms with Crippen molar-refractivity contribution in [2.45, 2.75) is 18.9 Å². The Morgan fingerprint density at radius 2 is 1.82 bits per heavy atom. The molecule has 1 aliphatic heterocycles. The highest BCUT2D eigenvalue weighted by atomic mass is 19.1. The van der Waals surface area contributed by atoms with Gasteiger partial charge in [0.15, 0.2) is 0 Å². The Kier molecular flexibility index (Phi) is 6.43. The summed E-state index contributed by atoms with van der Waals surface area (Å²) in [5.74, 6) is 0.583. The van der Waals surface area contributed by atoms with Crippen molar-refractivity contribution >= 4 is 11.6 Å². The van der Waals surface area contributed by atoms with Crippen LogP contribution in [0, 0.1) is 12.4 Å². The van der Waals surface area contributed by atoms with E-state index in [4.69, 9.17) is 16.3 Å². The Labute approximate surface area is 192 Å². The van der Waals surface area contributed by atoms with E-state index in [1.165, 1.54) is 12.1 Å². The van der Waals surface area contributed by atoms with Gasteiger partial charge in [-0.2, -0.15) is 0 Å². The summed E-state index contributed by atoms with van der Waals surface area (Å²) in [7, 11) is 5.25. The molecule has 1 N–H and O–H groups in total. The lowest BCUT2D eigenvalue weighted by Gasteiger charge is -2.33. The van der Waals surface area contributed by atoms with E-state index in [2.05, 4.69) is 15.1 Å². The number of benzene rings is 2. The molecule has 4 rings (SSSR count). The zero-order valence-electron chi connectivity index (χ0n) is 18.9. The Balaban J connectivity index is 1.90. The van der Waals surface area contributed by atoms with Gasteiger partial charge in [-0.15, -0.1) is 0 Å². The largest absolute Gasteiger partial charge is 0.497 e. The predicted octanol–water partition coefficient (Wildman–Crippen LogP) is 4.00. The number of methoxy groups -OCH3 is 1. The van der Waals surface area contributed by atoms with Crippen molar-refractivity contribution in [1.29, 1.82) is 0 Å². The van der Waals surface area contributed by atoms with Gasteiger partial charge in [0, 0.05) is 31.7 Å². The molecule has 0 radical (unpaired) electrons. The highest BCUT2D eigenvalue weighted by Gasteiger charge is 2.25. The van der Waals surface area contributed by atoms with E-state index in [1.54, 1.807) is 49.1 Å². The quantitative estimate of drug-likeness (QED) is 0.599. The smallest absolute Gasteiger partial charge is 0.263 e. The Hall–Kier alpha value is -3.70. The molecule has 0 bridgehead atoms. The highest BCUT2D eigenvalue weighted by molar-refractivity contribution is 5.82. The van der Waals surface area contributed by atoms with Crippen LogP contribution in [0.5, 0.6) is 5.75 Å². The number of aromatic nitrogens is 2. The minimum atomic E-state index is -0.637. The summed E-state index contributed by atoms with van der Waals surface area (Å²) in [6, 6.07) is 11.9. The fourth-order valence-electron chi connectivity index (χ4n) is 4.21. The number of hydrogen-bond acceptors (Lipinski definition) is 5. The summed E-state index contributed by atoms with van der Waals surface area (Å²) < 4.78 is 21.3. The maximum Gasteiger partial charge on any atom is 0.263 e. The fourth-order valence-corrected chi connectivity index (χ4v) is 4.21. The van der Waals surface area contributed by atoms with Gasteiger partial charge in [-0.3, -0.25) is 9.36 Å². The average Bonchev–Trinajstić information content (AvgIpc) is 2.85. The van der Waals surface area contributed by atoms with E-state index < -0.39 is 5.82 Å². The second-order valence-corrected chi connectivity index (χ2v) is 8.06. The van der Waals surface area contributed by atoms with Gasteiger partial charge in [-0.05, 0) is 43.7 Å². The SMILES string of the molecule is [C-]#[N+]c1ccc(-c2nc(N3CCC(NC)CC3)n(C)c(=O)c2-c2ccc(OC)cc2)cc1F. The van der Waals surface area contributed by atoms with Crippen LogP contribution in [0.25, 0.3) is 27.2 Å². The van der Waals surface area contributed by atoms with E-state index >= 15 is 0 Å². The maximum atomic E-state index is 14.5. The van der Waals surface area contributed by atoms with Crippen molar-refractivity contribution < 1.29 is 9.13 Å². The lowest BCUT2D eigenvalue weighted by atomic mass is 9.99. The normalized spacial score (nSPS) is 14.2. The molecule has 1 aliphatic rings. The van der Waals surface area contributed by atoms with Gasteiger partial charge in [-0.25, -0.2) is 14.2 Å². The zero-order chi connectivity index (χ0) is 23.5. The summed E-state index contributed by atoms with van der Waals surface area (Å²) in [5.41, 5.74) is 1.60. The molecule has 0 aliphatic carbocycles. The molecule has 0 spiro atoms. The Bertz CT molecular complexity index is 1260.